The first-order chi connectivity index (χ1) is 9.51. The fourth-order valence-electron chi connectivity index (χ4n) is 1.87. The Balaban J connectivity index is 2.72. The molecule has 0 spiro atoms. The maximum Gasteiger partial charge on any atom is 0.217 e. The molecule has 1 fully saturated rings. The highest BCUT2D eigenvalue weighted by atomic mass is 16.7. The van der Waals surface area contributed by atoms with Crippen molar-refractivity contribution in [2.45, 2.75) is 37.6 Å². The minimum atomic E-state index is -1.35. The number of azide groups is 1. The van der Waals surface area contributed by atoms with Crippen LogP contribution in [0, 0.1) is 0 Å². The van der Waals surface area contributed by atoms with Gasteiger partial charge in [-0.1, -0.05) is 5.11 Å². The van der Waals surface area contributed by atoms with E-state index in [0.29, 0.717) is 0 Å². The van der Waals surface area contributed by atoms with E-state index in [1.54, 1.807) is 0 Å². The molecule has 0 unspecified atom stereocenters. The van der Waals surface area contributed by atoms with Gasteiger partial charge in [-0.25, -0.2) is 0 Å². The standard InChI is InChI=1S/C10H18N4O6/c1-5(16)13-7-9(18)8(17)6(4-15)20-10(7)19-3-2-12-14-11/h6-10,15,17-18H,2-4H2,1H3,(H,13,16)/t6-,7-,8+,9+,10+/m1/s1. The van der Waals surface area contributed by atoms with E-state index in [2.05, 4.69) is 15.3 Å². The Morgan fingerprint density at radius 1 is 1.50 bits per heavy atom. The average Bonchev–Trinajstić information content (AvgIpc) is 2.41. The van der Waals surface area contributed by atoms with Gasteiger partial charge in [0, 0.05) is 18.4 Å². The van der Waals surface area contributed by atoms with E-state index in [9.17, 15) is 15.0 Å². The van der Waals surface area contributed by atoms with Crippen LogP contribution in [-0.4, -0.2) is 71.6 Å². The smallest absolute Gasteiger partial charge is 0.217 e. The quantitative estimate of drug-likeness (QED) is 0.197. The van der Waals surface area contributed by atoms with Crippen molar-refractivity contribution in [3.8, 4) is 0 Å². The van der Waals surface area contributed by atoms with E-state index in [1.807, 2.05) is 0 Å². The van der Waals surface area contributed by atoms with Crippen LogP contribution in [0.4, 0.5) is 0 Å². The largest absolute Gasteiger partial charge is 0.394 e. The van der Waals surface area contributed by atoms with Crippen molar-refractivity contribution >= 4 is 5.91 Å². The molecule has 1 aliphatic heterocycles. The lowest BCUT2D eigenvalue weighted by atomic mass is 9.97. The summed E-state index contributed by atoms with van der Waals surface area (Å²) < 4.78 is 10.5. The molecule has 0 aromatic carbocycles. The predicted octanol–water partition coefficient (Wildman–Crippen LogP) is -1.74. The van der Waals surface area contributed by atoms with Crippen LogP contribution in [0.1, 0.15) is 6.92 Å². The normalized spacial score (nSPS) is 33.3. The Morgan fingerprint density at radius 3 is 2.75 bits per heavy atom. The number of aliphatic hydroxyl groups excluding tert-OH is 3. The summed E-state index contributed by atoms with van der Waals surface area (Å²) in [5, 5.41) is 34.4. The zero-order chi connectivity index (χ0) is 15.1. The third kappa shape index (κ3) is 4.30. The number of carbonyl (C=O) groups is 1. The van der Waals surface area contributed by atoms with Gasteiger partial charge in [0.2, 0.25) is 5.91 Å². The van der Waals surface area contributed by atoms with Gasteiger partial charge in [0.1, 0.15) is 24.4 Å². The lowest BCUT2D eigenvalue weighted by molar-refractivity contribution is -0.269. The van der Waals surface area contributed by atoms with Gasteiger partial charge in [0.25, 0.3) is 0 Å². The summed E-state index contributed by atoms with van der Waals surface area (Å²) in [6.07, 6.45) is -4.80. The average molecular weight is 290 g/mol. The monoisotopic (exact) mass is 290 g/mol. The van der Waals surface area contributed by atoms with Gasteiger partial charge in [-0.3, -0.25) is 4.79 Å². The first kappa shape index (κ1) is 16.6. The summed E-state index contributed by atoms with van der Waals surface area (Å²) >= 11 is 0. The molecular formula is C10H18N4O6. The second-order valence-corrected chi connectivity index (χ2v) is 4.26. The number of amides is 1. The molecule has 0 aromatic rings. The van der Waals surface area contributed by atoms with E-state index in [4.69, 9.17) is 20.1 Å². The number of aliphatic hydroxyl groups is 3. The van der Waals surface area contributed by atoms with Crippen molar-refractivity contribution in [3.05, 3.63) is 10.4 Å². The first-order valence-corrected chi connectivity index (χ1v) is 6.03. The highest BCUT2D eigenvalue weighted by Crippen LogP contribution is 2.22. The van der Waals surface area contributed by atoms with Gasteiger partial charge in [-0.15, -0.1) is 0 Å². The molecule has 10 heteroatoms. The Labute approximate surface area is 114 Å². The number of carbonyl (C=O) groups excluding carboxylic acids is 1. The van der Waals surface area contributed by atoms with Crippen molar-refractivity contribution in [1.29, 1.82) is 0 Å². The number of nitrogens with zero attached hydrogens (tertiary/aromatic N) is 3. The number of rotatable bonds is 6. The van der Waals surface area contributed by atoms with Gasteiger partial charge >= 0.3 is 0 Å². The zero-order valence-corrected chi connectivity index (χ0v) is 10.9. The van der Waals surface area contributed by atoms with Crippen LogP contribution in [0.5, 0.6) is 0 Å². The molecular weight excluding hydrogens is 272 g/mol. The third-order valence-corrected chi connectivity index (χ3v) is 2.79. The molecule has 0 aliphatic carbocycles. The van der Waals surface area contributed by atoms with Crippen LogP contribution >= 0.6 is 0 Å². The molecule has 1 rings (SSSR count). The lowest BCUT2D eigenvalue weighted by Gasteiger charge is -2.42. The van der Waals surface area contributed by atoms with Gasteiger partial charge in [0.05, 0.1) is 13.2 Å². The van der Waals surface area contributed by atoms with E-state index in [0.717, 1.165) is 0 Å². The second-order valence-electron chi connectivity index (χ2n) is 4.26. The van der Waals surface area contributed by atoms with Crippen LogP contribution in [0.3, 0.4) is 0 Å². The molecule has 0 saturated carbocycles. The summed E-state index contributed by atoms with van der Waals surface area (Å²) in [6.45, 7) is 0.785. The molecule has 0 aromatic heterocycles. The first-order valence-electron chi connectivity index (χ1n) is 6.03. The maximum absolute atomic E-state index is 11.1. The Kier molecular flexibility index (Phi) is 6.65. The van der Waals surface area contributed by atoms with Crippen molar-refractivity contribution in [1.82, 2.24) is 5.32 Å². The van der Waals surface area contributed by atoms with E-state index < -0.39 is 43.2 Å². The molecule has 1 aliphatic rings. The van der Waals surface area contributed by atoms with Crippen LogP contribution in [0.15, 0.2) is 5.11 Å². The SMILES string of the molecule is CC(=O)N[C@H]1[C@@H](OCCN=[N+]=[N-])O[C@H](CO)[C@H](O)[C@H]1O. The summed E-state index contributed by atoms with van der Waals surface area (Å²) in [4.78, 5) is 13.7. The Morgan fingerprint density at radius 2 is 2.20 bits per heavy atom. The zero-order valence-electron chi connectivity index (χ0n) is 10.9. The van der Waals surface area contributed by atoms with E-state index in [-0.39, 0.29) is 13.2 Å². The molecule has 0 bridgehead atoms. The maximum atomic E-state index is 11.1. The lowest BCUT2D eigenvalue weighted by Crippen LogP contribution is -2.64. The van der Waals surface area contributed by atoms with Crippen LogP contribution in [0.2, 0.25) is 0 Å². The fourth-order valence-corrected chi connectivity index (χ4v) is 1.87. The van der Waals surface area contributed by atoms with Crippen LogP contribution < -0.4 is 5.32 Å². The van der Waals surface area contributed by atoms with Crippen LogP contribution in [-0.2, 0) is 14.3 Å². The molecule has 1 saturated heterocycles. The third-order valence-electron chi connectivity index (χ3n) is 2.79. The summed E-state index contributed by atoms with van der Waals surface area (Å²) in [5.74, 6) is -0.434. The van der Waals surface area contributed by atoms with E-state index >= 15 is 0 Å². The summed E-state index contributed by atoms with van der Waals surface area (Å²) in [6, 6.07) is -0.989. The summed E-state index contributed by atoms with van der Waals surface area (Å²) in [7, 11) is 0. The minimum absolute atomic E-state index is 0.00573. The summed E-state index contributed by atoms with van der Waals surface area (Å²) in [5.41, 5.74) is 8.14. The van der Waals surface area contributed by atoms with Crippen LogP contribution in [0.25, 0.3) is 10.4 Å². The van der Waals surface area contributed by atoms with Gasteiger partial charge < -0.3 is 30.1 Å². The number of ether oxygens (including phenoxy) is 2. The molecule has 1 amide bonds. The molecule has 114 valence electrons. The van der Waals surface area contributed by atoms with E-state index in [1.165, 1.54) is 6.92 Å². The van der Waals surface area contributed by atoms with Crippen molar-refractivity contribution in [2.24, 2.45) is 5.11 Å². The molecule has 0 radical (unpaired) electrons. The van der Waals surface area contributed by atoms with Gasteiger partial charge in [-0.2, -0.15) is 0 Å². The van der Waals surface area contributed by atoms with Gasteiger partial charge in [-0.05, 0) is 5.53 Å². The van der Waals surface area contributed by atoms with Crippen molar-refractivity contribution in [2.75, 3.05) is 19.8 Å². The fraction of sp³-hybridized carbons (Fsp3) is 0.900. The highest BCUT2D eigenvalue weighted by Gasteiger charge is 2.45. The molecule has 10 nitrogen and oxygen atoms in total. The van der Waals surface area contributed by atoms with Crippen molar-refractivity contribution < 1.29 is 29.6 Å². The highest BCUT2D eigenvalue weighted by molar-refractivity contribution is 5.73. The van der Waals surface area contributed by atoms with Gasteiger partial charge in [0.15, 0.2) is 6.29 Å². The molecule has 5 atom stereocenters. The van der Waals surface area contributed by atoms with Crippen molar-refractivity contribution in [3.63, 3.8) is 0 Å². The number of hydrogen-bond donors (Lipinski definition) is 4. The Hall–Kier alpha value is -1.42. The number of nitrogens with one attached hydrogen (secondary N) is 1. The number of hydrogen-bond acceptors (Lipinski definition) is 7. The second kappa shape index (κ2) is 8.00. The molecule has 20 heavy (non-hydrogen) atoms. The minimum Gasteiger partial charge on any atom is -0.394 e. The topological polar surface area (TPSA) is 157 Å². The molecule has 1 heterocycles. The predicted molar refractivity (Wildman–Crippen MR) is 65.3 cm³/mol. The molecule has 4 N–H and O–H groups in total. The Bertz CT molecular complexity index is 375.